The number of likely N-dealkylation sites (N-methyl/N-ethyl adjacent to an activating group) is 1. The van der Waals surface area contributed by atoms with E-state index in [-0.39, 0.29) is 12.0 Å². The molecule has 0 saturated carbocycles. The first-order chi connectivity index (χ1) is 12.3. The van der Waals surface area contributed by atoms with Gasteiger partial charge in [-0.3, -0.25) is 4.79 Å². The Kier molecular flexibility index (Phi) is 6.91. The van der Waals surface area contributed by atoms with Crippen LogP contribution < -0.4 is 15.4 Å². The van der Waals surface area contributed by atoms with Crippen LogP contribution in [0.5, 0.6) is 5.75 Å². The molecule has 7 nitrogen and oxygen atoms in total. The molecule has 0 unspecified atom stereocenters. The molecule has 7 heteroatoms. The molecule has 1 heterocycles. The number of aryl methyl sites for hydroxylation is 1. The summed E-state index contributed by atoms with van der Waals surface area (Å²) in [6.07, 6.45) is 0.127. The average Bonchev–Trinajstić information content (AvgIpc) is 2.55. The number of hydrogen-bond donors (Lipinski definition) is 2. The number of ether oxygens (including phenoxy) is 1. The van der Waals surface area contributed by atoms with Gasteiger partial charge in [0.25, 0.3) is 5.91 Å². The third kappa shape index (κ3) is 6.33. The maximum absolute atomic E-state index is 12.3. The molecule has 0 bridgehead atoms. The minimum atomic E-state index is -0.207. The van der Waals surface area contributed by atoms with Crippen molar-refractivity contribution in [3.8, 4) is 5.75 Å². The van der Waals surface area contributed by atoms with Gasteiger partial charge in [0.15, 0.2) is 0 Å². The SMILES string of the molecule is Cc1cc(C(=O)NCCN(C)C)nc(Nc2ccc(OC(C)C)cc2)n1. The Bertz CT molecular complexity index is 729. The molecule has 2 N–H and O–H groups in total. The Balaban J connectivity index is 2.05. The standard InChI is InChI=1S/C19H27N5O2/c1-13(2)26-16-8-6-15(7-9-16)22-19-21-14(3)12-17(23-19)18(25)20-10-11-24(4)5/h6-9,12-13H,10-11H2,1-5H3,(H,20,25)(H,21,22,23). The number of aromatic nitrogens is 2. The Morgan fingerprint density at radius 2 is 1.88 bits per heavy atom. The molecule has 0 atom stereocenters. The number of rotatable bonds is 8. The number of amides is 1. The zero-order chi connectivity index (χ0) is 19.1. The zero-order valence-electron chi connectivity index (χ0n) is 16.0. The molecule has 0 aliphatic rings. The van der Waals surface area contributed by atoms with Gasteiger partial charge in [0.1, 0.15) is 11.4 Å². The van der Waals surface area contributed by atoms with Gasteiger partial charge in [-0.05, 0) is 65.2 Å². The lowest BCUT2D eigenvalue weighted by atomic mass is 10.3. The van der Waals surface area contributed by atoms with Crippen molar-refractivity contribution in [1.82, 2.24) is 20.2 Å². The van der Waals surface area contributed by atoms with Crippen molar-refractivity contribution in [3.05, 3.63) is 41.7 Å². The number of hydrogen-bond acceptors (Lipinski definition) is 6. The van der Waals surface area contributed by atoms with Crippen LogP contribution >= 0.6 is 0 Å². The lowest BCUT2D eigenvalue weighted by Gasteiger charge is -2.12. The highest BCUT2D eigenvalue weighted by Crippen LogP contribution is 2.19. The predicted molar refractivity (Wildman–Crippen MR) is 103 cm³/mol. The molecular formula is C19H27N5O2. The van der Waals surface area contributed by atoms with Gasteiger partial charge in [0, 0.05) is 24.5 Å². The maximum atomic E-state index is 12.3. The molecule has 0 aliphatic carbocycles. The number of benzene rings is 1. The number of nitrogens with one attached hydrogen (secondary N) is 2. The van der Waals surface area contributed by atoms with Gasteiger partial charge in [0.2, 0.25) is 5.95 Å². The maximum Gasteiger partial charge on any atom is 0.270 e. The summed E-state index contributed by atoms with van der Waals surface area (Å²) >= 11 is 0. The Labute approximate surface area is 154 Å². The van der Waals surface area contributed by atoms with Crippen LogP contribution in [0.1, 0.15) is 30.0 Å². The summed E-state index contributed by atoms with van der Waals surface area (Å²) in [5, 5.41) is 5.99. The van der Waals surface area contributed by atoms with Crippen molar-refractivity contribution < 1.29 is 9.53 Å². The van der Waals surface area contributed by atoms with Crippen LogP contribution in [0.2, 0.25) is 0 Å². The average molecular weight is 357 g/mol. The Morgan fingerprint density at radius 3 is 2.50 bits per heavy atom. The predicted octanol–water partition coefficient (Wildman–Crippen LogP) is 2.61. The van der Waals surface area contributed by atoms with Crippen LogP contribution in [-0.2, 0) is 0 Å². The molecule has 0 aliphatic heterocycles. The molecule has 0 saturated heterocycles. The molecular weight excluding hydrogens is 330 g/mol. The summed E-state index contributed by atoms with van der Waals surface area (Å²) < 4.78 is 5.63. The van der Waals surface area contributed by atoms with E-state index in [4.69, 9.17) is 4.74 Å². The molecule has 26 heavy (non-hydrogen) atoms. The summed E-state index contributed by atoms with van der Waals surface area (Å²) in [7, 11) is 3.92. The molecule has 0 fully saturated rings. The van der Waals surface area contributed by atoms with E-state index < -0.39 is 0 Å². The lowest BCUT2D eigenvalue weighted by molar-refractivity contribution is 0.0946. The fourth-order valence-corrected chi connectivity index (χ4v) is 2.24. The van der Waals surface area contributed by atoms with E-state index in [9.17, 15) is 4.79 Å². The molecule has 2 aromatic rings. The Morgan fingerprint density at radius 1 is 1.19 bits per heavy atom. The van der Waals surface area contributed by atoms with Gasteiger partial charge in [-0.1, -0.05) is 0 Å². The van der Waals surface area contributed by atoms with Crippen LogP contribution in [0.25, 0.3) is 0 Å². The van der Waals surface area contributed by atoms with Gasteiger partial charge < -0.3 is 20.3 Å². The number of nitrogens with zero attached hydrogens (tertiary/aromatic N) is 3. The summed E-state index contributed by atoms with van der Waals surface area (Å²) in [5.41, 5.74) is 1.89. The molecule has 0 spiro atoms. The quantitative estimate of drug-likeness (QED) is 0.756. The molecule has 1 aromatic heterocycles. The van der Waals surface area contributed by atoms with E-state index in [0.29, 0.717) is 18.2 Å². The normalized spacial score (nSPS) is 10.9. The van der Waals surface area contributed by atoms with Crippen molar-refractivity contribution in [3.63, 3.8) is 0 Å². The molecule has 2 rings (SSSR count). The van der Waals surface area contributed by atoms with Gasteiger partial charge in [0.05, 0.1) is 6.10 Å². The summed E-state index contributed by atoms with van der Waals surface area (Å²) in [6.45, 7) is 7.14. The Hall–Kier alpha value is -2.67. The second-order valence-corrected chi connectivity index (χ2v) is 6.59. The third-order valence-electron chi connectivity index (χ3n) is 3.41. The van der Waals surface area contributed by atoms with Crippen LogP contribution in [0.4, 0.5) is 11.6 Å². The highest BCUT2D eigenvalue weighted by molar-refractivity contribution is 5.92. The van der Waals surface area contributed by atoms with Crippen LogP contribution in [0.15, 0.2) is 30.3 Å². The molecule has 1 amide bonds. The molecule has 140 valence electrons. The first-order valence-corrected chi connectivity index (χ1v) is 8.66. The molecule has 0 radical (unpaired) electrons. The number of carbonyl (C=O) groups is 1. The van der Waals surface area contributed by atoms with E-state index in [1.807, 2.05) is 64.0 Å². The minimum absolute atomic E-state index is 0.127. The minimum Gasteiger partial charge on any atom is -0.491 e. The summed E-state index contributed by atoms with van der Waals surface area (Å²) in [4.78, 5) is 22.9. The topological polar surface area (TPSA) is 79.4 Å². The van der Waals surface area contributed by atoms with Crippen LogP contribution in [0.3, 0.4) is 0 Å². The monoisotopic (exact) mass is 357 g/mol. The summed E-state index contributed by atoms with van der Waals surface area (Å²) in [5.74, 6) is 0.984. The van der Waals surface area contributed by atoms with E-state index >= 15 is 0 Å². The molecule has 1 aromatic carbocycles. The van der Waals surface area contributed by atoms with Crippen molar-refractivity contribution in [2.45, 2.75) is 26.9 Å². The zero-order valence-corrected chi connectivity index (χ0v) is 16.0. The van der Waals surface area contributed by atoms with E-state index in [0.717, 1.165) is 23.7 Å². The van der Waals surface area contributed by atoms with Gasteiger partial charge in [-0.15, -0.1) is 0 Å². The van der Waals surface area contributed by atoms with Crippen molar-refractivity contribution in [2.24, 2.45) is 0 Å². The number of carbonyl (C=O) groups excluding carboxylic acids is 1. The fourth-order valence-electron chi connectivity index (χ4n) is 2.24. The van der Waals surface area contributed by atoms with E-state index in [2.05, 4.69) is 20.6 Å². The van der Waals surface area contributed by atoms with Crippen molar-refractivity contribution in [2.75, 3.05) is 32.5 Å². The van der Waals surface area contributed by atoms with Gasteiger partial charge in [-0.25, -0.2) is 9.97 Å². The lowest BCUT2D eigenvalue weighted by Crippen LogP contribution is -2.32. The van der Waals surface area contributed by atoms with Crippen molar-refractivity contribution >= 4 is 17.5 Å². The third-order valence-corrected chi connectivity index (χ3v) is 3.41. The first-order valence-electron chi connectivity index (χ1n) is 8.66. The largest absolute Gasteiger partial charge is 0.491 e. The van der Waals surface area contributed by atoms with Gasteiger partial charge >= 0.3 is 0 Å². The smallest absolute Gasteiger partial charge is 0.270 e. The van der Waals surface area contributed by atoms with E-state index in [1.54, 1.807) is 6.07 Å². The summed E-state index contributed by atoms with van der Waals surface area (Å²) in [6, 6.07) is 9.22. The van der Waals surface area contributed by atoms with Crippen LogP contribution in [0, 0.1) is 6.92 Å². The highest BCUT2D eigenvalue weighted by Gasteiger charge is 2.10. The highest BCUT2D eigenvalue weighted by atomic mass is 16.5. The second-order valence-electron chi connectivity index (χ2n) is 6.59. The van der Waals surface area contributed by atoms with E-state index in [1.165, 1.54) is 0 Å². The van der Waals surface area contributed by atoms with Crippen LogP contribution in [-0.4, -0.2) is 54.1 Å². The van der Waals surface area contributed by atoms with Gasteiger partial charge in [-0.2, -0.15) is 0 Å². The first kappa shape index (κ1) is 19.7. The second kappa shape index (κ2) is 9.15. The number of anilines is 2. The van der Waals surface area contributed by atoms with Crippen molar-refractivity contribution in [1.29, 1.82) is 0 Å². The fraction of sp³-hybridized carbons (Fsp3) is 0.421.